The lowest BCUT2D eigenvalue weighted by Crippen LogP contribution is -2.26. The Balaban J connectivity index is 1.95. The predicted molar refractivity (Wildman–Crippen MR) is 109 cm³/mol. The van der Waals surface area contributed by atoms with E-state index in [1.54, 1.807) is 6.92 Å². The summed E-state index contributed by atoms with van der Waals surface area (Å²) in [4.78, 5) is 38.2. The molecule has 0 aliphatic heterocycles. The SMILES string of the molecule is Cc1cc(C(F)(F)F)nc2sc(C(N)=O)c(NC(=O)C(C)Cn3nc([N+](=O)[O-])cc3C)c12. The maximum Gasteiger partial charge on any atom is 0.433 e. The minimum Gasteiger partial charge on any atom is -0.365 e. The van der Waals surface area contributed by atoms with Gasteiger partial charge in [0.2, 0.25) is 5.91 Å². The number of hydrogen-bond acceptors (Lipinski definition) is 7. The number of fused-ring (bicyclic) bond motifs is 1. The van der Waals surface area contributed by atoms with Gasteiger partial charge in [-0.1, -0.05) is 6.92 Å². The number of thiophene rings is 1. The van der Waals surface area contributed by atoms with Crippen LogP contribution in [0.2, 0.25) is 0 Å². The number of rotatable bonds is 6. The molecule has 1 atom stereocenters. The Labute approximate surface area is 182 Å². The van der Waals surface area contributed by atoms with E-state index in [-0.39, 0.29) is 38.7 Å². The molecule has 32 heavy (non-hydrogen) atoms. The number of nitrogens with two attached hydrogens (primary N) is 1. The molecular formula is C18H17F3N6O4S. The lowest BCUT2D eigenvalue weighted by molar-refractivity contribution is -0.389. The molecule has 0 saturated carbocycles. The molecule has 3 rings (SSSR count). The Bertz CT molecular complexity index is 1250. The Hall–Kier alpha value is -3.55. The van der Waals surface area contributed by atoms with Crippen molar-refractivity contribution < 1.29 is 27.7 Å². The van der Waals surface area contributed by atoms with Crippen molar-refractivity contribution in [1.82, 2.24) is 14.8 Å². The minimum absolute atomic E-state index is 0.00502. The van der Waals surface area contributed by atoms with Gasteiger partial charge in [-0.2, -0.15) is 17.9 Å². The summed E-state index contributed by atoms with van der Waals surface area (Å²) in [5, 5.41) is 17.4. The monoisotopic (exact) mass is 470 g/mol. The first-order valence-electron chi connectivity index (χ1n) is 9.10. The van der Waals surface area contributed by atoms with Crippen LogP contribution in [0.15, 0.2) is 12.1 Å². The van der Waals surface area contributed by atoms with Gasteiger partial charge in [-0.25, -0.2) is 4.98 Å². The van der Waals surface area contributed by atoms with Crippen LogP contribution in [0.5, 0.6) is 0 Å². The second-order valence-electron chi connectivity index (χ2n) is 7.15. The minimum atomic E-state index is -4.68. The first kappa shape index (κ1) is 23.1. The Morgan fingerprint density at radius 3 is 2.53 bits per heavy atom. The molecule has 3 N–H and O–H groups in total. The summed E-state index contributed by atoms with van der Waals surface area (Å²) in [6, 6.07) is 2.08. The largest absolute Gasteiger partial charge is 0.433 e. The van der Waals surface area contributed by atoms with Crippen LogP contribution in [-0.2, 0) is 17.5 Å². The third-order valence-corrected chi connectivity index (χ3v) is 5.77. The number of nitrogens with one attached hydrogen (secondary N) is 1. The van der Waals surface area contributed by atoms with E-state index in [0.29, 0.717) is 17.0 Å². The molecule has 3 heterocycles. The van der Waals surface area contributed by atoms with E-state index in [1.807, 2.05) is 0 Å². The molecule has 14 heteroatoms. The van der Waals surface area contributed by atoms with E-state index in [0.717, 1.165) is 6.07 Å². The molecular weight excluding hydrogens is 453 g/mol. The molecule has 170 valence electrons. The van der Waals surface area contributed by atoms with Crippen LogP contribution in [0, 0.1) is 29.9 Å². The second-order valence-corrected chi connectivity index (χ2v) is 8.15. The van der Waals surface area contributed by atoms with Crippen LogP contribution in [-0.4, -0.2) is 31.5 Å². The number of anilines is 1. The number of carbonyl (C=O) groups is 2. The topological polar surface area (TPSA) is 146 Å². The number of pyridine rings is 1. The number of nitrogens with zero attached hydrogens (tertiary/aromatic N) is 4. The highest BCUT2D eigenvalue weighted by Crippen LogP contribution is 2.39. The van der Waals surface area contributed by atoms with E-state index in [1.165, 1.54) is 24.6 Å². The third kappa shape index (κ3) is 4.39. The molecule has 1 unspecified atom stereocenters. The Morgan fingerprint density at radius 1 is 1.34 bits per heavy atom. The summed E-state index contributed by atoms with van der Waals surface area (Å²) in [5.74, 6) is -2.63. The summed E-state index contributed by atoms with van der Waals surface area (Å²) >= 11 is 0.650. The summed E-state index contributed by atoms with van der Waals surface area (Å²) < 4.78 is 40.6. The van der Waals surface area contributed by atoms with E-state index in [4.69, 9.17) is 5.73 Å². The van der Waals surface area contributed by atoms with Gasteiger partial charge < -0.3 is 21.2 Å². The average molecular weight is 470 g/mol. The lowest BCUT2D eigenvalue weighted by Gasteiger charge is -2.13. The van der Waals surface area contributed by atoms with E-state index in [2.05, 4.69) is 15.4 Å². The quantitative estimate of drug-likeness (QED) is 0.417. The van der Waals surface area contributed by atoms with Crippen LogP contribution in [0.3, 0.4) is 0 Å². The number of alkyl halides is 3. The number of aryl methyl sites for hydroxylation is 2. The number of aromatic nitrogens is 3. The normalized spacial score (nSPS) is 12.7. The highest BCUT2D eigenvalue weighted by atomic mass is 32.1. The van der Waals surface area contributed by atoms with Crippen LogP contribution in [0.1, 0.15) is 33.5 Å². The number of halogens is 3. The molecule has 0 radical (unpaired) electrons. The molecule has 0 saturated heterocycles. The molecule has 0 aliphatic rings. The van der Waals surface area contributed by atoms with Gasteiger partial charge in [-0.3, -0.25) is 9.59 Å². The highest BCUT2D eigenvalue weighted by Gasteiger charge is 2.34. The highest BCUT2D eigenvalue weighted by molar-refractivity contribution is 7.21. The molecule has 0 bridgehead atoms. The van der Waals surface area contributed by atoms with Crippen LogP contribution in [0.25, 0.3) is 10.2 Å². The number of nitro groups is 1. The number of primary amides is 1. The lowest BCUT2D eigenvalue weighted by atomic mass is 10.1. The summed E-state index contributed by atoms with van der Waals surface area (Å²) in [5.41, 5.74) is 4.86. The second kappa shape index (κ2) is 8.18. The fourth-order valence-electron chi connectivity index (χ4n) is 3.08. The van der Waals surface area contributed by atoms with E-state index < -0.39 is 34.5 Å². The van der Waals surface area contributed by atoms with Gasteiger partial charge in [-0.05, 0) is 30.4 Å². The van der Waals surface area contributed by atoms with Crippen molar-refractivity contribution in [2.45, 2.75) is 33.5 Å². The molecule has 0 fully saturated rings. The maximum atomic E-state index is 13.1. The van der Waals surface area contributed by atoms with Crippen molar-refractivity contribution in [2.75, 3.05) is 5.32 Å². The van der Waals surface area contributed by atoms with Crippen LogP contribution in [0.4, 0.5) is 24.7 Å². The molecule has 0 spiro atoms. The van der Waals surface area contributed by atoms with Crippen LogP contribution >= 0.6 is 11.3 Å². The fourth-order valence-corrected chi connectivity index (χ4v) is 4.13. The first-order chi connectivity index (χ1) is 14.8. The Kier molecular flexibility index (Phi) is 5.91. The van der Waals surface area contributed by atoms with Gasteiger partial charge in [0.15, 0.2) is 0 Å². The average Bonchev–Trinajstić information content (AvgIpc) is 3.22. The number of amides is 2. The zero-order chi connectivity index (χ0) is 24.0. The van der Waals surface area contributed by atoms with Crippen molar-refractivity contribution in [2.24, 2.45) is 11.7 Å². The molecule has 0 aromatic carbocycles. The van der Waals surface area contributed by atoms with E-state index in [9.17, 15) is 32.9 Å². The van der Waals surface area contributed by atoms with Crippen LogP contribution < -0.4 is 11.1 Å². The summed E-state index contributed by atoms with van der Waals surface area (Å²) in [7, 11) is 0. The predicted octanol–water partition coefficient (Wildman–Crippen LogP) is 3.41. The standard InChI is InChI=1S/C18H17F3N6O4S/c1-7-4-10(18(19,20)21)23-17-12(7)13(14(32-17)15(22)28)24-16(29)8(2)6-26-9(3)5-11(25-26)27(30)31/h4-5,8H,6H2,1-3H3,(H2,22,28)(H,24,29). The first-order valence-corrected chi connectivity index (χ1v) is 9.92. The molecule has 3 aromatic rings. The summed E-state index contributed by atoms with van der Waals surface area (Å²) in [6.45, 7) is 4.53. The van der Waals surface area contributed by atoms with Crippen molar-refractivity contribution in [1.29, 1.82) is 0 Å². The van der Waals surface area contributed by atoms with Crippen molar-refractivity contribution in [3.8, 4) is 0 Å². The van der Waals surface area contributed by atoms with Gasteiger partial charge in [0.05, 0.1) is 35.0 Å². The molecule has 10 nitrogen and oxygen atoms in total. The number of hydrogen-bond donors (Lipinski definition) is 2. The van der Waals surface area contributed by atoms with Gasteiger partial charge in [0.25, 0.3) is 5.91 Å². The van der Waals surface area contributed by atoms with Gasteiger partial charge in [0.1, 0.15) is 15.4 Å². The third-order valence-electron chi connectivity index (χ3n) is 4.67. The zero-order valence-electron chi connectivity index (χ0n) is 17.0. The molecule has 3 aromatic heterocycles. The van der Waals surface area contributed by atoms with Gasteiger partial charge >= 0.3 is 12.0 Å². The zero-order valence-corrected chi connectivity index (χ0v) is 17.8. The summed E-state index contributed by atoms with van der Waals surface area (Å²) in [6.07, 6.45) is -4.68. The van der Waals surface area contributed by atoms with Crippen molar-refractivity contribution in [3.63, 3.8) is 0 Å². The Morgan fingerprint density at radius 2 is 2.00 bits per heavy atom. The van der Waals surface area contributed by atoms with Crippen molar-refractivity contribution in [3.05, 3.63) is 44.1 Å². The molecule has 2 amide bonds. The fraction of sp³-hybridized carbons (Fsp3) is 0.333. The van der Waals surface area contributed by atoms with E-state index >= 15 is 0 Å². The van der Waals surface area contributed by atoms with Crippen molar-refractivity contribution >= 4 is 44.9 Å². The number of carbonyl (C=O) groups excluding carboxylic acids is 2. The van der Waals surface area contributed by atoms with Gasteiger partial charge in [0, 0.05) is 5.39 Å². The maximum absolute atomic E-state index is 13.1. The van der Waals surface area contributed by atoms with Gasteiger partial charge in [-0.15, -0.1) is 11.3 Å². The smallest absolute Gasteiger partial charge is 0.365 e. The molecule has 0 aliphatic carbocycles.